The third-order valence-electron chi connectivity index (χ3n) is 9.85. The summed E-state index contributed by atoms with van der Waals surface area (Å²) in [4.78, 5) is 10.2. The topological polar surface area (TPSA) is 50.9 Å². The van der Waals surface area contributed by atoms with Gasteiger partial charge in [-0.25, -0.2) is 4.98 Å². The molecular formula is C46H34N3OPt-. The van der Waals surface area contributed by atoms with Crippen molar-refractivity contribution in [3.05, 3.63) is 169 Å². The normalized spacial score (nSPS) is 12.3. The molecule has 0 saturated carbocycles. The summed E-state index contributed by atoms with van der Waals surface area (Å²) >= 11 is 0. The molecule has 0 spiro atoms. The van der Waals surface area contributed by atoms with Crippen LogP contribution in [0.4, 0.5) is 0 Å². The number of aromatic hydroxyl groups is 1. The first kappa shape index (κ1) is 32.6. The molecule has 6 aromatic carbocycles. The molecule has 9 rings (SSSR count). The van der Waals surface area contributed by atoms with Gasteiger partial charge < -0.3 is 5.11 Å². The SMILES string of the molecule is Oc1c(-c2nc3c(-c4[c-]c(-c5cc(-c6ccccc6)ccn5)cc(-c5ccccc5)c4)cccc3n2-c2ccccc2)ccc2c1CCCC2.[Pt]. The van der Waals surface area contributed by atoms with Gasteiger partial charge in [0.15, 0.2) is 0 Å². The van der Waals surface area contributed by atoms with Crippen LogP contribution in [0.15, 0.2) is 152 Å². The molecule has 1 N–H and O–H groups in total. The molecule has 0 unspecified atom stereocenters. The van der Waals surface area contributed by atoms with Gasteiger partial charge in [0.2, 0.25) is 0 Å². The van der Waals surface area contributed by atoms with E-state index in [-0.39, 0.29) is 21.1 Å². The maximum atomic E-state index is 11.7. The first-order valence-corrected chi connectivity index (χ1v) is 17.3. The number of fused-ring (bicyclic) bond motifs is 2. The van der Waals surface area contributed by atoms with Gasteiger partial charge in [0, 0.05) is 38.6 Å². The number of benzene rings is 6. The Labute approximate surface area is 312 Å². The summed E-state index contributed by atoms with van der Waals surface area (Å²) in [6.07, 6.45) is 6.00. The van der Waals surface area contributed by atoms with Gasteiger partial charge in [-0.15, -0.1) is 23.8 Å². The van der Waals surface area contributed by atoms with Crippen LogP contribution < -0.4 is 0 Å². The summed E-state index contributed by atoms with van der Waals surface area (Å²) in [6, 6.07) is 54.0. The zero-order chi connectivity index (χ0) is 33.4. The fourth-order valence-corrected chi connectivity index (χ4v) is 7.36. The Morgan fingerprint density at radius 2 is 1.27 bits per heavy atom. The largest absolute Gasteiger partial charge is 0.507 e. The van der Waals surface area contributed by atoms with E-state index in [2.05, 4.69) is 120 Å². The molecular weight excluding hydrogens is 806 g/mol. The number of hydrogen-bond donors (Lipinski definition) is 1. The van der Waals surface area contributed by atoms with Crippen molar-refractivity contribution in [1.29, 1.82) is 0 Å². The smallest absolute Gasteiger partial charge is 0.148 e. The second-order valence-corrected chi connectivity index (χ2v) is 12.9. The van der Waals surface area contributed by atoms with Crippen molar-refractivity contribution in [2.24, 2.45) is 0 Å². The van der Waals surface area contributed by atoms with E-state index in [1.54, 1.807) is 0 Å². The van der Waals surface area contributed by atoms with Gasteiger partial charge in [-0.1, -0.05) is 120 Å². The Morgan fingerprint density at radius 1 is 0.588 bits per heavy atom. The molecule has 1 aliphatic carbocycles. The number of rotatable bonds is 6. The molecule has 0 radical (unpaired) electrons. The van der Waals surface area contributed by atoms with Gasteiger partial charge in [-0.05, 0) is 83.8 Å². The molecule has 250 valence electrons. The Bertz CT molecular complexity index is 2490. The van der Waals surface area contributed by atoms with Crippen molar-refractivity contribution >= 4 is 11.0 Å². The minimum absolute atomic E-state index is 0. The third kappa shape index (κ3) is 6.11. The predicted octanol–water partition coefficient (Wildman–Crippen LogP) is 11.1. The van der Waals surface area contributed by atoms with Crippen LogP contribution in [0, 0.1) is 6.07 Å². The monoisotopic (exact) mass is 839 g/mol. The second-order valence-electron chi connectivity index (χ2n) is 12.9. The summed E-state index contributed by atoms with van der Waals surface area (Å²) in [5.74, 6) is 1.07. The maximum absolute atomic E-state index is 11.7. The van der Waals surface area contributed by atoms with E-state index >= 15 is 0 Å². The molecule has 0 saturated heterocycles. The van der Waals surface area contributed by atoms with Crippen LogP contribution in [0.5, 0.6) is 5.75 Å². The van der Waals surface area contributed by atoms with Crippen LogP contribution in [0.1, 0.15) is 24.0 Å². The fraction of sp³-hybridized carbons (Fsp3) is 0.0870. The maximum Gasteiger partial charge on any atom is 0.148 e. The molecule has 1 aliphatic rings. The van der Waals surface area contributed by atoms with Gasteiger partial charge in [0.05, 0.1) is 16.6 Å². The van der Waals surface area contributed by atoms with Crippen molar-refractivity contribution in [1.82, 2.24) is 14.5 Å². The number of imidazole rings is 1. The Kier molecular flexibility index (Phi) is 8.94. The van der Waals surface area contributed by atoms with Gasteiger partial charge in [-0.2, -0.15) is 0 Å². The van der Waals surface area contributed by atoms with Gasteiger partial charge in [0.1, 0.15) is 11.6 Å². The molecule has 0 bridgehead atoms. The number of phenols is 1. The first-order valence-electron chi connectivity index (χ1n) is 17.3. The van der Waals surface area contributed by atoms with Gasteiger partial charge in [-0.3, -0.25) is 9.55 Å². The van der Waals surface area contributed by atoms with Crippen LogP contribution in [-0.2, 0) is 33.9 Å². The van der Waals surface area contributed by atoms with Crippen LogP contribution in [0.3, 0.4) is 0 Å². The van der Waals surface area contributed by atoms with Crippen molar-refractivity contribution in [3.8, 4) is 67.5 Å². The fourth-order valence-electron chi connectivity index (χ4n) is 7.36. The second kappa shape index (κ2) is 14.0. The molecule has 51 heavy (non-hydrogen) atoms. The molecule has 8 aromatic rings. The number of phenolic OH excluding ortho intramolecular Hbond substituents is 1. The molecule has 2 aromatic heterocycles. The number of aryl methyl sites for hydroxylation is 1. The Hall–Kier alpha value is -5.57. The summed E-state index contributed by atoms with van der Waals surface area (Å²) < 4.78 is 2.18. The van der Waals surface area contributed by atoms with Crippen molar-refractivity contribution in [2.75, 3.05) is 0 Å². The van der Waals surface area contributed by atoms with Crippen molar-refractivity contribution in [3.63, 3.8) is 0 Å². The molecule has 0 aliphatic heterocycles. The van der Waals surface area contributed by atoms with Crippen LogP contribution >= 0.6 is 0 Å². The molecule has 0 atom stereocenters. The number of nitrogens with zero attached hydrogens (tertiary/aromatic N) is 3. The standard InChI is InChI=1S/C46H34N3O.Pt/c50-45-40-20-11-10-17-33(40)23-24-41(45)46-48-44-39(21-12-22-43(44)49(46)38-18-8-3-9-19-38)36-27-35(32-15-6-2-7-16-32)28-37(29-36)42-30-34(25-26-47-42)31-13-4-1-5-14-31;/h1-9,12-16,18-19,21-28,30,50H,10-11,17,20H2;/q-1;. The van der Waals surface area contributed by atoms with E-state index in [0.29, 0.717) is 5.75 Å². The molecule has 5 heteroatoms. The summed E-state index contributed by atoms with van der Waals surface area (Å²) in [5, 5.41) is 11.7. The van der Waals surface area contributed by atoms with E-state index in [1.165, 1.54) is 5.56 Å². The minimum atomic E-state index is 0. The number of para-hydroxylation sites is 2. The Morgan fingerprint density at radius 3 is 2.04 bits per heavy atom. The zero-order valence-electron chi connectivity index (χ0n) is 27.9. The van der Waals surface area contributed by atoms with Crippen molar-refractivity contribution in [2.45, 2.75) is 25.7 Å². The molecule has 2 heterocycles. The van der Waals surface area contributed by atoms with Crippen molar-refractivity contribution < 1.29 is 26.2 Å². The van der Waals surface area contributed by atoms with E-state index in [1.807, 2.05) is 42.6 Å². The number of pyridine rings is 1. The van der Waals surface area contributed by atoms with Crippen LogP contribution in [0.2, 0.25) is 0 Å². The first-order chi connectivity index (χ1) is 24.7. The minimum Gasteiger partial charge on any atom is -0.507 e. The van der Waals surface area contributed by atoms with Gasteiger partial charge >= 0.3 is 0 Å². The van der Waals surface area contributed by atoms with E-state index < -0.39 is 0 Å². The van der Waals surface area contributed by atoms with E-state index in [4.69, 9.17) is 9.97 Å². The zero-order valence-corrected chi connectivity index (χ0v) is 30.1. The van der Waals surface area contributed by atoms with E-state index in [9.17, 15) is 5.11 Å². The quantitative estimate of drug-likeness (QED) is 0.170. The summed E-state index contributed by atoms with van der Waals surface area (Å²) in [7, 11) is 0. The average Bonchev–Trinajstić information content (AvgIpc) is 3.59. The molecule has 0 fully saturated rings. The number of aromatic nitrogens is 3. The van der Waals surface area contributed by atoms with Crippen LogP contribution in [-0.4, -0.2) is 19.6 Å². The predicted molar refractivity (Wildman–Crippen MR) is 203 cm³/mol. The summed E-state index contributed by atoms with van der Waals surface area (Å²) in [6.45, 7) is 0. The van der Waals surface area contributed by atoms with Crippen LogP contribution in [0.25, 0.3) is 72.7 Å². The molecule has 0 amide bonds. The van der Waals surface area contributed by atoms with Gasteiger partial charge in [0.25, 0.3) is 0 Å². The Balaban J connectivity index is 0.00000374. The molecule has 4 nitrogen and oxygen atoms in total. The van der Waals surface area contributed by atoms with E-state index in [0.717, 1.165) is 104 Å². The number of hydrogen-bond acceptors (Lipinski definition) is 3. The average molecular weight is 840 g/mol. The third-order valence-corrected chi connectivity index (χ3v) is 9.85. The summed E-state index contributed by atoms with van der Waals surface area (Å²) in [5.41, 5.74) is 13.9.